The number of nitrogens with two attached hydrogens (primary N) is 1. The van der Waals surface area contributed by atoms with E-state index in [-0.39, 0.29) is 18.9 Å². The predicted molar refractivity (Wildman–Crippen MR) is 71.9 cm³/mol. The number of hydrogen-bond donors (Lipinski definition) is 1. The summed E-state index contributed by atoms with van der Waals surface area (Å²) < 4.78 is 5.48. The van der Waals surface area contributed by atoms with Crippen LogP contribution in [0.5, 0.6) is 0 Å². The molecule has 6 nitrogen and oxygen atoms in total. The van der Waals surface area contributed by atoms with Crippen molar-refractivity contribution in [1.82, 2.24) is 4.90 Å². The first-order chi connectivity index (χ1) is 8.91. The molecule has 0 aliphatic carbocycles. The van der Waals surface area contributed by atoms with Crippen molar-refractivity contribution in [2.24, 2.45) is 16.6 Å². The normalized spacial score (nSPS) is 17.6. The molecular weight excluding hydrogens is 244 g/mol. The van der Waals surface area contributed by atoms with Crippen LogP contribution in [0, 0.1) is 17.2 Å². The molecule has 0 aromatic rings. The number of primary amides is 1. The fourth-order valence-electron chi connectivity index (χ4n) is 1.66. The second kappa shape index (κ2) is 6.23. The zero-order valence-corrected chi connectivity index (χ0v) is 11.6. The number of amides is 1. The Labute approximate surface area is 113 Å². The smallest absolute Gasteiger partial charge is 0.293 e. The van der Waals surface area contributed by atoms with Gasteiger partial charge in [0.05, 0.1) is 12.5 Å². The molecule has 0 saturated carbocycles. The van der Waals surface area contributed by atoms with Crippen molar-refractivity contribution in [3.05, 3.63) is 12.3 Å². The molecule has 2 N–H and O–H groups in total. The van der Waals surface area contributed by atoms with E-state index in [2.05, 4.69) is 11.1 Å². The lowest BCUT2D eigenvalue weighted by molar-refractivity contribution is -0.118. The van der Waals surface area contributed by atoms with Gasteiger partial charge in [0.2, 0.25) is 5.91 Å². The summed E-state index contributed by atoms with van der Waals surface area (Å²) in [5, 5.41) is 9.44. The first-order valence-corrected chi connectivity index (χ1v) is 6.24. The van der Waals surface area contributed by atoms with E-state index in [1.807, 2.05) is 26.8 Å². The number of aliphatic imine (C=N–C) groups is 1. The van der Waals surface area contributed by atoms with Gasteiger partial charge in [-0.05, 0) is 18.9 Å². The number of ether oxygens (including phenoxy) is 1. The van der Waals surface area contributed by atoms with Gasteiger partial charge in [-0.15, -0.1) is 0 Å². The summed E-state index contributed by atoms with van der Waals surface area (Å²) in [6.45, 7) is 6.52. The summed E-state index contributed by atoms with van der Waals surface area (Å²) in [6, 6.07) is 2.68. The molecule has 0 aromatic carbocycles. The van der Waals surface area contributed by atoms with E-state index < -0.39 is 11.4 Å². The number of carbonyl (C=O) groups is 1. The second-order valence-corrected chi connectivity index (χ2v) is 4.89. The lowest BCUT2D eigenvalue weighted by Gasteiger charge is -2.40. The van der Waals surface area contributed by atoms with Gasteiger partial charge in [0.1, 0.15) is 12.1 Å². The average molecular weight is 264 g/mol. The van der Waals surface area contributed by atoms with Crippen LogP contribution in [-0.4, -0.2) is 35.5 Å². The number of rotatable bonds is 5. The van der Waals surface area contributed by atoms with Crippen LogP contribution < -0.4 is 5.73 Å². The van der Waals surface area contributed by atoms with Gasteiger partial charge in [-0.3, -0.25) is 4.79 Å². The topological polar surface area (TPSA) is 91.7 Å². The van der Waals surface area contributed by atoms with E-state index in [1.165, 1.54) is 0 Å². The Bertz CT molecular complexity index is 436. The van der Waals surface area contributed by atoms with Gasteiger partial charge in [0.15, 0.2) is 0 Å². The minimum atomic E-state index is -0.712. The van der Waals surface area contributed by atoms with Gasteiger partial charge in [-0.25, -0.2) is 4.99 Å². The fourth-order valence-corrected chi connectivity index (χ4v) is 1.66. The van der Waals surface area contributed by atoms with Crippen molar-refractivity contribution in [1.29, 1.82) is 5.26 Å². The maximum Gasteiger partial charge on any atom is 0.293 e. The summed E-state index contributed by atoms with van der Waals surface area (Å²) in [5.74, 6) is -0.320. The average Bonchev–Trinajstić information content (AvgIpc) is 2.37. The van der Waals surface area contributed by atoms with Crippen LogP contribution in [0.4, 0.5) is 0 Å². The van der Waals surface area contributed by atoms with Gasteiger partial charge in [0.25, 0.3) is 6.02 Å². The molecule has 104 valence electrons. The first-order valence-electron chi connectivity index (χ1n) is 6.24. The third-order valence-corrected chi connectivity index (χ3v) is 3.30. The van der Waals surface area contributed by atoms with Crippen molar-refractivity contribution in [3.63, 3.8) is 0 Å². The largest absolute Gasteiger partial charge is 0.464 e. The highest BCUT2D eigenvalue weighted by atomic mass is 16.5. The summed E-state index contributed by atoms with van der Waals surface area (Å²) in [6.07, 6.45) is 3.62. The highest BCUT2D eigenvalue weighted by molar-refractivity contribution is 5.78. The SMILES string of the molecule is CC(C)C(C)(C#N)N1CC=CN=C1OCCC(N)=O. The molecule has 0 bridgehead atoms. The van der Waals surface area contributed by atoms with Crippen molar-refractivity contribution in [2.45, 2.75) is 32.7 Å². The monoisotopic (exact) mass is 264 g/mol. The summed E-state index contributed by atoms with van der Waals surface area (Å²) >= 11 is 0. The Morgan fingerprint density at radius 3 is 2.95 bits per heavy atom. The number of carbonyl (C=O) groups excluding carboxylic acids is 1. The predicted octanol–water partition coefficient (Wildman–Crippen LogP) is 1.00. The molecule has 6 heteroatoms. The molecule has 1 aliphatic rings. The van der Waals surface area contributed by atoms with E-state index in [0.717, 1.165) is 0 Å². The third kappa shape index (κ3) is 3.47. The molecule has 1 rings (SSSR count). The Kier molecular flexibility index (Phi) is 4.93. The van der Waals surface area contributed by atoms with Crippen LogP contribution in [0.2, 0.25) is 0 Å². The minimum Gasteiger partial charge on any atom is -0.464 e. The van der Waals surface area contributed by atoms with Gasteiger partial charge >= 0.3 is 0 Å². The van der Waals surface area contributed by atoms with Crippen LogP contribution >= 0.6 is 0 Å². The molecule has 1 amide bonds. The van der Waals surface area contributed by atoms with E-state index in [0.29, 0.717) is 12.6 Å². The van der Waals surface area contributed by atoms with E-state index in [4.69, 9.17) is 10.5 Å². The quantitative estimate of drug-likeness (QED) is 0.801. The minimum absolute atomic E-state index is 0.106. The summed E-state index contributed by atoms with van der Waals surface area (Å²) in [4.78, 5) is 16.7. The van der Waals surface area contributed by atoms with E-state index >= 15 is 0 Å². The first kappa shape index (κ1) is 15.0. The molecule has 0 saturated heterocycles. The van der Waals surface area contributed by atoms with Crippen LogP contribution in [0.15, 0.2) is 17.3 Å². The maximum atomic E-state index is 10.7. The van der Waals surface area contributed by atoms with Gasteiger partial charge in [-0.1, -0.05) is 13.8 Å². The maximum absolute atomic E-state index is 10.7. The number of hydrogen-bond acceptors (Lipinski definition) is 5. The van der Waals surface area contributed by atoms with Crippen LogP contribution in [0.25, 0.3) is 0 Å². The molecule has 1 heterocycles. The Morgan fingerprint density at radius 1 is 1.74 bits per heavy atom. The van der Waals surface area contributed by atoms with Crippen LogP contribution in [0.3, 0.4) is 0 Å². The van der Waals surface area contributed by atoms with Crippen molar-refractivity contribution >= 4 is 11.9 Å². The number of nitrogens with zero attached hydrogens (tertiary/aromatic N) is 3. The highest BCUT2D eigenvalue weighted by Gasteiger charge is 2.38. The molecule has 1 unspecified atom stereocenters. The van der Waals surface area contributed by atoms with Gasteiger partial charge in [-0.2, -0.15) is 5.26 Å². The summed E-state index contributed by atoms with van der Waals surface area (Å²) in [5.41, 5.74) is 4.35. The highest BCUT2D eigenvalue weighted by Crippen LogP contribution is 2.26. The Balaban J connectivity index is 2.82. The van der Waals surface area contributed by atoms with E-state index in [1.54, 1.807) is 11.1 Å². The standard InChI is InChI=1S/C13H20N4O2/c1-10(2)13(3,9-14)17-7-4-6-16-12(17)19-8-5-11(15)18/h4,6,10H,5,7-8H2,1-3H3,(H2,15,18). The van der Waals surface area contributed by atoms with E-state index in [9.17, 15) is 10.1 Å². The second-order valence-electron chi connectivity index (χ2n) is 4.89. The Hall–Kier alpha value is -2.03. The molecule has 0 spiro atoms. The van der Waals surface area contributed by atoms with Crippen molar-refractivity contribution in [3.8, 4) is 6.07 Å². The Morgan fingerprint density at radius 2 is 2.42 bits per heavy atom. The zero-order valence-electron chi connectivity index (χ0n) is 11.6. The lowest BCUT2D eigenvalue weighted by Crippen LogP contribution is -2.53. The molecule has 0 fully saturated rings. The summed E-state index contributed by atoms with van der Waals surface area (Å²) in [7, 11) is 0. The number of amidine groups is 1. The third-order valence-electron chi connectivity index (χ3n) is 3.30. The number of nitriles is 1. The molecule has 0 radical (unpaired) electrons. The lowest BCUT2D eigenvalue weighted by atomic mass is 9.88. The molecule has 1 aliphatic heterocycles. The molecule has 1 atom stereocenters. The fraction of sp³-hybridized carbons (Fsp3) is 0.615. The molecular formula is C13H20N4O2. The molecule has 19 heavy (non-hydrogen) atoms. The van der Waals surface area contributed by atoms with Gasteiger partial charge < -0.3 is 15.4 Å². The zero-order chi connectivity index (χ0) is 14.5. The van der Waals surface area contributed by atoms with Gasteiger partial charge in [0, 0.05) is 12.7 Å². The van der Waals surface area contributed by atoms with Crippen molar-refractivity contribution < 1.29 is 9.53 Å². The van der Waals surface area contributed by atoms with Crippen molar-refractivity contribution in [2.75, 3.05) is 13.2 Å². The van der Waals surface area contributed by atoms with Crippen LogP contribution in [0.1, 0.15) is 27.2 Å². The molecule has 0 aromatic heterocycles. The van der Waals surface area contributed by atoms with Crippen LogP contribution in [-0.2, 0) is 9.53 Å².